The van der Waals surface area contributed by atoms with E-state index in [1.54, 1.807) is 33.2 Å². The number of carbonyl (C=O) groups excluding carboxylic acids is 2. The van der Waals surface area contributed by atoms with Gasteiger partial charge in [0.15, 0.2) is 17.4 Å². The van der Waals surface area contributed by atoms with E-state index in [0.717, 1.165) is 5.56 Å². The average molecular weight is 369 g/mol. The molecule has 0 saturated heterocycles. The molecule has 3 rings (SSSR count). The normalized spacial score (nSPS) is 12.2. The quantitative estimate of drug-likeness (QED) is 0.510. The van der Waals surface area contributed by atoms with Crippen LogP contribution in [0.2, 0.25) is 0 Å². The topological polar surface area (TPSA) is 104 Å². The van der Waals surface area contributed by atoms with Crippen molar-refractivity contribution in [2.75, 3.05) is 0 Å². The Morgan fingerprint density at radius 2 is 1.88 bits per heavy atom. The number of aryl methyl sites for hydroxylation is 1. The summed E-state index contributed by atoms with van der Waals surface area (Å²) in [6.45, 7) is 6.90. The van der Waals surface area contributed by atoms with Gasteiger partial charge in [-0.25, -0.2) is 4.98 Å². The van der Waals surface area contributed by atoms with Crippen LogP contribution in [0.15, 0.2) is 29.7 Å². The highest BCUT2D eigenvalue weighted by atomic mass is 32.2. The number of hydrogen-bond acceptors (Lipinski definition) is 6. The fourth-order valence-corrected chi connectivity index (χ4v) is 3.66. The lowest BCUT2D eigenvalue weighted by atomic mass is 10.0. The van der Waals surface area contributed by atoms with E-state index in [1.165, 1.54) is 18.7 Å². The highest BCUT2D eigenvalue weighted by Gasteiger charge is 2.25. The van der Waals surface area contributed by atoms with Crippen LogP contribution in [0, 0.1) is 13.8 Å². The third kappa shape index (κ3) is 3.45. The van der Waals surface area contributed by atoms with Crippen molar-refractivity contribution in [3.8, 4) is 11.4 Å². The lowest BCUT2D eigenvalue weighted by molar-refractivity contribution is 0.0988. The monoisotopic (exact) mass is 369 g/mol. The molecule has 8 heteroatoms. The van der Waals surface area contributed by atoms with Gasteiger partial charge in [-0.3, -0.25) is 19.7 Å². The number of nitrogens with zero attached hydrogens (tertiary/aromatic N) is 3. The Bertz CT molecular complexity index is 961. The van der Waals surface area contributed by atoms with E-state index in [2.05, 4.69) is 25.1 Å². The van der Waals surface area contributed by atoms with Gasteiger partial charge in [0.2, 0.25) is 5.16 Å². The van der Waals surface area contributed by atoms with Crippen LogP contribution in [0.3, 0.4) is 0 Å². The number of rotatable bonds is 6. The molecule has 3 aromatic rings. The highest BCUT2D eigenvalue weighted by Crippen LogP contribution is 2.27. The first-order valence-corrected chi connectivity index (χ1v) is 9.00. The summed E-state index contributed by atoms with van der Waals surface area (Å²) < 4.78 is 0. The van der Waals surface area contributed by atoms with Crippen molar-refractivity contribution in [2.24, 2.45) is 0 Å². The lowest BCUT2D eigenvalue weighted by Gasteiger charge is -2.07. The van der Waals surface area contributed by atoms with Crippen LogP contribution in [0.25, 0.3) is 11.4 Å². The van der Waals surface area contributed by atoms with Crippen LogP contribution in [0.5, 0.6) is 0 Å². The van der Waals surface area contributed by atoms with Crippen LogP contribution in [0.1, 0.15) is 46.0 Å². The van der Waals surface area contributed by atoms with E-state index in [4.69, 9.17) is 0 Å². The van der Waals surface area contributed by atoms with E-state index < -0.39 is 5.25 Å². The van der Waals surface area contributed by atoms with Gasteiger partial charge in [-0.1, -0.05) is 11.8 Å². The van der Waals surface area contributed by atoms with Crippen LogP contribution >= 0.6 is 11.8 Å². The number of thioether (sulfide) groups is 1. The van der Waals surface area contributed by atoms with Crippen LogP contribution in [-0.2, 0) is 0 Å². The standard InChI is InChI=1S/C18H19N5O2S/c1-9-14(11(3)24)10(2)20-15(9)16(25)12(4)26-18-21-17(22-23-18)13-5-7-19-8-6-13/h5-8,12,20H,1-4H3,(H,21,22,23). The number of Topliss-reactive ketones (excluding diaryl/α,β-unsaturated/α-hetero) is 2. The Morgan fingerprint density at radius 1 is 1.19 bits per heavy atom. The number of nitrogens with one attached hydrogen (secondary N) is 2. The molecule has 134 valence electrons. The van der Waals surface area contributed by atoms with Crippen molar-refractivity contribution in [3.05, 3.63) is 47.0 Å². The maximum absolute atomic E-state index is 12.8. The molecule has 3 heterocycles. The van der Waals surface area contributed by atoms with E-state index in [-0.39, 0.29) is 11.6 Å². The number of ketones is 2. The molecule has 1 atom stereocenters. The minimum absolute atomic E-state index is 0.0495. The van der Waals surface area contributed by atoms with E-state index in [1.807, 2.05) is 12.1 Å². The summed E-state index contributed by atoms with van der Waals surface area (Å²) in [4.78, 5) is 36.0. The number of aromatic amines is 2. The molecule has 0 aliphatic heterocycles. The molecular formula is C18H19N5O2S. The molecule has 0 fully saturated rings. The summed E-state index contributed by atoms with van der Waals surface area (Å²) in [5.74, 6) is 0.491. The number of pyridine rings is 1. The summed E-state index contributed by atoms with van der Waals surface area (Å²) >= 11 is 1.27. The molecule has 0 radical (unpaired) electrons. The van der Waals surface area contributed by atoms with Gasteiger partial charge in [0.1, 0.15) is 0 Å². The van der Waals surface area contributed by atoms with Gasteiger partial charge in [0.25, 0.3) is 0 Å². The minimum atomic E-state index is -0.396. The fraction of sp³-hybridized carbons (Fsp3) is 0.278. The van der Waals surface area contributed by atoms with Crippen LogP contribution in [-0.4, -0.2) is 42.0 Å². The number of aromatic nitrogens is 5. The molecule has 0 bridgehead atoms. The van der Waals surface area contributed by atoms with Crippen LogP contribution in [0.4, 0.5) is 0 Å². The maximum atomic E-state index is 12.8. The predicted molar refractivity (Wildman–Crippen MR) is 99.5 cm³/mol. The number of carbonyl (C=O) groups is 2. The predicted octanol–water partition coefficient (Wildman–Crippen LogP) is 3.38. The van der Waals surface area contributed by atoms with E-state index in [0.29, 0.717) is 33.5 Å². The Balaban J connectivity index is 1.78. The van der Waals surface area contributed by atoms with Gasteiger partial charge in [-0.2, -0.15) is 0 Å². The highest BCUT2D eigenvalue weighted by molar-refractivity contribution is 8.00. The third-order valence-corrected chi connectivity index (χ3v) is 5.07. The molecule has 1 unspecified atom stereocenters. The molecule has 2 N–H and O–H groups in total. The van der Waals surface area contributed by atoms with Crippen LogP contribution < -0.4 is 0 Å². The summed E-state index contributed by atoms with van der Waals surface area (Å²) in [6, 6.07) is 3.66. The zero-order valence-corrected chi connectivity index (χ0v) is 15.8. The summed E-state index contributed by atoms with van der Waals surface area (Å²) in [5, 5.41) is 7.14. The van der Waals surface area contributed by atoms with Crippen molar-refractivity contribution in [1.29, 1.82) is 0 Å². The zero-order chi connectivity index (χ0) is 18.8. The second-order valence-corrected chi connectivity index (χ2v) is 7.32. The summed E-state index contributed by atoms with van der Waals surface area (Å²) in [5.41, 5.74) is 3.34. The number of H-pyrrole nitrogens is 2. The fourth-order valence-electron chi connectivity index (χ4n) is 2.88. The SMILES string of the molecule is CC(=O)c1c(C)[nH]c(C(=O)C(C)Sc2n[nH]c(-c3ccncc3)n2)c1C. The number of hydrogen-bond donors (Lipinski definition) is 2. The molecule has 3 aromatic heterocycles. The van der Waals surface area contributed by atoms with Gasteiger partial charge in [-0.05, 0) is 45.4 Å². The zero-order valence-electron chi connectivity index (χ0n) is 15.0. The lowest BCUT2D eigenvalue weighted by Crippen LogP contribution is -2.15. The van der Waals surface area contributed by atoms with Crippen molar-refractivity contribution in [3.63, 3.8) is 0 Å². The molecule has 0 aliphatic rings. The van der Waals surface area contributed by atoms with Gasteiger partial charge in [0, 0.05) is 29.2 Å². The smallest absolute Gasteiger partial charge is 0.209 e. The largest absolute Gasteiger partial charge is 0.355 e. The Labute approximate surface area is 155 Å². The molecule has 0 aliphatic carbocycles. The maximum Gasteiger partial charge on any atom is 0.209 e. The molecule has 26 heavy (non-hydrogen) atoms. The van der Waals surface area contributed by atoms with Crippen molar-refractivity contribution >= 4 is 23.3 Å². The first-order valence-electron chi connectivity index (χ1n) is 8.12. The summed E-state index contributed by atoms with van der Waals surface area (Å²) in [6.07, 6.45) is 3.36. The average Bonchev–Trinajstić information content (AvgIpc) is 3.19. The summed E-state index contributed by atoms with van der Waals surface area (Å²) in [7, 11) is 0. The van der Waals surface area contributed by atoms with Crippen molar-refractivity contribution in [1.82, 2.24) is 25.1 Å². The van der Waals surface area contributed by atoms with Gasteiger partial charge in [-0.15, -0.1) is 5.10 Å². The van der Waals surface area contributed by atoms with E-state index >= 15 is 0 Å². The molecule has 0 saturated carbocycles. The first kappa shape index (κ1) is 18.1. The third-order valence-electron chi connectivity index (χ3n) is 4.11. The second kappa shape index (κ2) is 7.25. The molecular weight excluding hydrogens is 350 g/mol. The Kier molecular flexibility index (Phi) is 5.03. The van der Waals surface area contributed by atoms with Crippen molar-refractivity contribution < 1.29 is 9.59 Å². The Hall–Kier alpha value is -2.74. The van der Waals surface area contributed by atoms with Gasteiger partial charge < -0.3 is 4.98 Å². The minimum Gasteiger partial charge on any atom is -0.355 e. The first-order chi connectivity index (χ1) is 12.4. The molecule has 7 nitrogen and oxygen atoms in total. The van der Waals surface area contributed by atoms with Gasteiger partial charge >= 0.3 is 0 Å². The molecule has 0 aromatic carbocycles. The Morgan fingerprint density at radius 3 is 2.50 bits per heavy atom. The van der Waals surface area contributed by atoms with E-state index in [9.17, 15) is 9.59 Å². The van der Waals surface area contributed by atoms with Crippen molar-refractivity contribution in [2.45, 2.75) is 38.1 Å². The second-order valence-electron chi connectivity index (χ2n) is 6.01. The molecule has 0 spiro atoms. The van der Waals surface area contributed by atoms with Gasteiger partial charge in [0.05, 0.1) is 10.9 Å². The molecule has 0 amide bonds.